The monoisotopic (exact) mass is 1330 g/mol. The van der Waals surface area contributed by atoms with E-state index in [1.54, 1.807) is 0 Å². The van der Waals surface area contributed by atoms with Gasteiger partial charge in [-0.05, 0) is 141 Å². The Morgan fingerprint density at radius 3 is 0.821 bits per heavy atom. The molecule has 0 aromatic rings. The van der Waals surface area contributed by atoms with Crippen molar-refractivity contribution in [3.63, 3.8) is 0 Å². The summed E-state index contributed by atoms with van der Waals surface area (Å²) >= 11 is 0. The fraction of sp³-hybridized carbons (Fsp3) is 0.600. The average Bonchev–Trinajstić information content (AvgIpc) is 2.64. The lowest BCUT2D eigenvalue weighted by Crippen LogP contribution is -2.29. The molecule has 0 bridgehead atoms. The Morgan fingerprint density at radius 1 is 0.316 bits per heavy atom. The summed E-state index contributed by atoms with van der Waals surface area (Å²) in [7, 11) is -4.42. The van der Waals surface area contributed by atoms with Gasteiger partial charge >= 0.3 is 19.8 Å². The van der Waals surface area contributed by atoms with Crippen LogP contribution in [-0.2, 0) is 32.7 Å². The zero-order valence-electron chi connectivity index (χ0n) is 60.3. The summed E-state index contributed by atoms with van der Waals surface area (Å²) < 4.78 is 33.2. The third-order valence-corrected chi connectivity index (χ3v) is 16.5. The summed E-state index contributed by atoms with van der Waals surface area (Å²) in [5.41, 5.74) is 5.41. The van der Waals surface area contributed by atoms with Gasteiger partial charge in [0.15, 0.2) is 6.10 Å². The van der Waals surface area contributed by atoms with E-state index >= 15 is 0 Å². The van der Waals surface area contributed by atoms with Gasteiger partial charge in [-0.15, -0.1) is 0 Å². The van der Waals surface area contributed by atoms with E-state index in [2.05, 4.69) is 208 Å². The molecule has 0 spiro atoms. The summed E-state index contributed by atoms with van der Waals surface area (Å²) in [6.45, 7) is 3.48. The molecule has 2 atom stereocenters. The summed E-state index contributed by atoms with van der Waals surface area (Å²) in [6.07, 6.45) is 118. The molecule has 10 heteroatoms. The second-order valence-corrected chi connectivity index (χ2v) is 25.9. The van der Waals surface area contributed by atoms with Crippen LogP contribution in [0.15, 0.2) is 194 Å². The highest BCUT2D eigenvalue weighted by Crippen LogP contribution is 2.43. The van der Waals surface area contributed by atoms with E-state index < -0.39 is 32.5 Å². The molecule has 0 rings (SSSR count). The number of hydrogen-bond acceptors (Lipinski definition) is 8. The molecule has 0 saturated carbocycles. The fourth-order valence-corrected chi connectivity index (χ4v) is 10.7. The van der Waals surface area contributed by atoms with Gasteiger partial charge in [0, 0.05) is 19.4 Å². The van der Waals surface area contributed by atoms with E-state index in [1.807, 2.05) is 0 Å². The number of nitrogens with two attached hydrogens (primary N) is 1. The van der Waals surface area contributed by atoms with Gasteiger partial charge in [0.25, 0.3) is 0 Å². The Kier molecular flexibility index (Phi) is 73.6. The number of phosphoric ester groups is 1. The molecule has 0 fully saturated rings. The Hall–Kier alpha value is -5.15. The van der Waals surface area contributed by atoms with Gasteiger partial charge in [0.2, 0.25) is 0 Å². The molecule has 0 heterocycles. The zero-order valence-corrected chi connectivity index (χ0v) is 61.2. The van der Waals surface area contributed by atoms with E-state index in [-0.39, 0.29) is 32.6 Å². The van der Waals surface area contributed by atoms with Gasteiger partial charge in [-0.1, -0.05) is 337 Å². The van der Waals surface area contributed by atoms with Crippen LogP contribution in [0.1, 0.15) is 296 Å². The topological polar surface area (TPSA) is 134 Å². The standard InChI is InChI=1S/C85H138NO8P/c1-3-5-7-9-11-13-15-17-19-21-23-25-27-29-31-33-35-37-39-41-43-45-47-49-51-53-55-57-59-61-63-65-67-69-71-73-75-77-84(87)91-81-83(82-93-95(89,90)92-80-79-86)94-85(88)78-76-74-72-70-68-66-64-62-60-58-56-54-52-50-48-46-44-42-40-38-36-34-32-30-28-26-24-22-20-18-16-14-12-10-8-6-4-2/h5-8,11-14,17-20,23-26,29-32,36,38,42,44,48,50,54,56,60,62,66,68,83H,3-4,9-10,15-16,21-22,27-28,33-35,37,39-41,43,45-47,49,51-53,55,57-59,61,63-65,67,69-82,86H2,1-2H3,(H,89,90)/b7-5-,8-6-,13-11-,14-12-,19-17-,20-18-,25-23-,26-24-,31-29-,32-30-,38-36-,44-42-,50-48-,56-54-,62-60-,68-66-. The number of phosphoric acid groups is 1. The maximum atomic E-state index is 12.8. The van der Waals surface area contributed by atoms with Crippen molar-refractivity contribution < 1.29 is 37.6 Å². The van der Waals surface area contributed by atoms with Crippen molar-refractivity contribution in [1.29, 1.82) is 0 Å². The lowest BCUT2D eigenvalue weighted by atomic mass is 10.0. The Balaban J connectivity index is 3.96. The molecule has 3 N–H and O–H groups in total. The molecule has 0 amide bonds. The number of hydrogen-bond donors (Lipinski definition) is 2. The Morgan fingerprint density at radius 2 is 0.547 bits per heavy atom. The second kappa shape index (κ2) is 77.9. The molecule has 0 aromatic heterocycles. The van der Waals surface area contributed by atoms with Crippen molar-refractivity contribution in [2.75, 3.05) is 26.4 Å². The van der Waals surface area contributed by atoms with Crippen molar-refractivity contribution in [1.82, 2.24) is 0 Å². The predicted octanol–water partition coefficient (Wildman–Crippen LogP) is 25.6. The number of unbranched alkanes of at least 4 members (excludes halogenated alkanes) is 24. The SMILES string of the molecule is CC/C=C\C/C=C\C/C=C\C/C=C\C/C=C\C/C=C\C/C=C\C/C=C\C/C=C\C/C=C\C/C=C\CCCCCC(=O)OC(COC(=O)CCCCCCCCCCCCCCCCCCCCCCC/C=C\C/C=C\C/C=C\C/C=C\C/C=C\CC)COP(=O)(O)OCCN. The number of rotatable bonds is 69. The Labute approximate surface area is 583 Å². The lowest BCUT2D eigenvalue weighted by Gasteiger charge is -2.19. The van der Waals surface area contributed by atoms with Crippen LogP contribution in [0, 0.1) is 0 Å². The van der Waals surface area contributed by atoms with Gasteiger partial charge in [0.1, 0.15) is 6.61 Å². The average molecular weight is 1330 g/mol. The van der Waals surface area contributed by atoms with Crippen LogP contribution in [0.25, 0.3) is 0 Å². The summed E-state index contributed by atoms with van der Waals surface area (Å²) in [6, 6.07) is 0. The molecule has 0 aliphatic heterocycles. The van der Waals surface area contributed by atoms with Gasteiger partial charge in [-0.2, -0.15) is 0 Å². The quantitative estimate of drug-likeness (QED) is 0.0264. The smallest absolute Gasteiger partial charge is 0.462 e. The van der Waals surface area contributed by atoms with Crippen LogP contribution in [0.5, 0.6) is 0 Å². The minimum absolute atomic E-state index is 0.0392. The van der Waals surface area contributed by atoms with E-state index in [0.29, 0.717) is 6.42 Å². The number of esters is 2. The van der Waals surface area contributed by atoms with Crippen molar-refractivity contribution in [2.24, 2.45) is 5.73 Å². The van der Waals surface area contributed by atoms with E-state index in [9.17, 15) is 19.0 Å². The third-order valence-electron chi connectivity index (χ3n) is 15.5. The number of carbonyl (C=O) groups excluding carboxylic acids is 2. The first-order valence-corrected chi connectivity index (χ1v) is 39.4. The minimum atomic E-state index is -4.42. The molecule has 2 unspecified atom stereocenters. The summed E-state index contributed by atoms with van der Waals surface area (Å²) in [4.78, 5) is 35.4. The number of ether oxygens (including phenoxy) is 2. The maximum absolute atomic E-state index is 12.8. The summed E-state index contributed by atoms with van der Waals surface area (Å²) in [5.74, 6) is -0.870. The van der Waals surface area contributed by atoms with Crippen molar-refractivity contribution in [3.8, 4) is 0 Å². The zero-order chi connectivity index (χ0) is 68.6. The van der Waals surface area contributed by atoms with Gasteiger partial charge in [-0.25, -0.2) is 4.57 Å². The molecule has 0 radical (unpaired) electrons. The first-order valence-electron chi connectivity index (χ1n) is 37.9. The number of allylic oxidation sites excluding steroid dienone is 32. The maximum Gasteiger partial charge on any atom is 0.472 e. The normalized spacial score (nSPS) is 14.0. The van der Waals surface area contributed by atoms with E-state index in [4.69, 9.17) is 24.3 Å². The Bertz CT molecular complexity index is 2270. The molecule has 0 aliphatic carbocycles. The fourth-order valence-electron chi connectivity index (χ4n) is 9.96. The van der Waals surface area contributed by atoms with E-state index in [0.717, 1.165) is 141 Å². The molecule has 0 aromatic carbocycles. The van der Waals surface area contributed by atoms with Crippen LogP contribution in [-0.4, -0.2) is 49.3 Å². The van der Waals surface area contributed by atoms with Crippen molar-refractivity contribution >= 4 is 19.8 Å². The minimum Gasteiger partial charge on any atom is -0.462 e. The van der Waals surface area contributed by atoms with Crippen LogP contribution in [0.4, 0.5) is 0 Å². The highest BCUT2D eigenvalue weighted by Gasteiger charge is 2.26. The second-order valence-electron chi connectivity index (χ2n) is 24.4. The number of carbonyl (C=O) groups is 2. The molecule has 9 nitrogen and oxygen atoms in total. The van der Waals surface area contributed by atoms with Crippen LogP contribution < -0.4 is 5.73 Å². The first-order chi connectivity index (χ1) is 46.8. The third kappa shape index (κ3) is 77.7. The molecular formula is C85H138NO8P. The molecule has 0 saturated heterocycles. The van der Waals surface area contributed by atoms with Gasteiger partial charge in [-0.3, -0.25) is 18.6 Å². The molecule has 95 heavy (non-hydrogen) atoms. The largest absolute Gasteiger partial charge is 0.472 e. The first kappa shape index (κ1) is 89.8. The van der Waals surface area contributed by atoms with Crippen molar-refractivity contribution in [3.05, 3.63) is 194 Å². The predicted molar refractivity (Wildman–Crippen MR) is 412 cm³/mol. The molecule has 0 aliphatic rings. The van der Waals surface area contributed by atoms with Crippen LogP contribution >= 0.6 is 7.82 Å². The van der Waals surface area contributed by atoms with Crippen LogP contribution in [0.3, 0.4) is 0 Å². The summed E-state index contributed by atoms with van der Waals surface area (Å²) in [5, 5.41) is 0. The van der Waals surface area contributed by atoms with Crippen LogP contribution in [0.2, 0.25) is 0 Å². The van der Waals surface area contributed by atoms with Gasteiger partial charge in [0.05, 0.1) is 13.2 Å². The lowest BCUT2D eigenvalue weighted by molar-refractivity contribution is -0.161. The van der Waals surface area contributed by atoms with Gasteiger partial charge < -0.3 is 20.1 Å². The highest BCUT2D eigenvalue weighted by atomic mass is 31.2. The molecular weight excluding hydrogens is 1190 g/mol. The van der Waals surface area contributed by atoms with Crippen molar-refractivity contribution in [2.45, 2.75) is 302 Å². The molecule has 536 valence electrons. The highest BCUT2D eigenvalue weighted by molar-refractivity contribution is 7.47. The van der Waals surface area contributed by atoms with E-state index in [1.165, 1.54) is 122 Å².